The van der Waals surface area contributed by atoms with Gasteiger partial charge in [0.05, 0.1) is 0 Å². The van der Waals surface area contributed by atoms with Crippen LogP contribution in [0, 0.1) is 5.92 Å². The van der Waals surface area contributed by atoms with Crippen molar-refractivity contribution < 1.29 is 28.7 Å². The zero-order valence-electron chi connectivity index (χ0n) is 14.4. The third-order valence-electron chi connectivity index (χ3n) is 3.29. The zero-order valence-corrected chi connectivity index (χ0v) is 14.4. The Morgan fingerprint density at radius 1 is 1.04 bits per heavy atom. The summed E-state index contributed by atoms with van der Waals surface area (Å²) in [7, 11) is 0. The third kappa shape index (κ3) is 6.95. The van der Waals surface area contributed by atoms with Gasteiger partial charge in [0.2, 0.25) is 5.91 Å². The molecule has 0 aliphatic heterocycles. The number of carbonyl (C=O) groups is 4. The molecule has 0 fully saturated rings. The van der Waals surface area contributed by atoms with Crippen LogP contribution in [-0.2, 0) is 28.7 Å². The molecule has 2 amide bonds. The number of hydrogen-bond acceptors (Lipinski definition) is 7. The van der Waals surface area contributed by atoms with Crippen molar-refractivity contribution in [3.8, 4) is 0 Å². The van der Waals surface area contributed by atoms with Crippen molar-refractivity contribution >= 4 is 23.8 Å². The Kier molecular flexibility index (Phi) is 8.97. The quantitative estimate of drug-likeness (QED) is 0.341. The van der Waals surface area contributed by atoms with E-state index in [0.717, 1.165) is 0 Å². The molecule has 1 unspecified atom stereocenters. The molecule has 9 heteroatoms. The molecule has 0 rings (SSSR count). The molecule has 0 saturated carbocycles. The van der Waals surface area contributed by atoms with Crippen molar-refractivity contribution in [3.63, 3.8) is 0 Å². The topological polar surface area (TPSA) is 165 Å². The van der Waals surface area contributed by atoms with Gasteiger partial charge < -0.3 is 26.7 Å². The predicted molar refractivity (Wildman–Crippen MR) is 84.9 cm³/mol. The molecule has 9 nitrogen and oxygen atoms in total. The predicted octanol–water partition coefficient (Wildman–Crippen LogP) is -0.307. The summed E-state index contributed by atoms with van der Waals surface area (Å²) in [4.78, 5) is 46.6. The summed E-state index contributed by atoms with van der Waals surface area (Å²) in [6.07, 6.45) is 0.153. The van der Waals surface area contributed by atoms with Gasteiger partial charge in [0.1, 0.15) is 6.04 Å². The number of esters is 2. The fourth-order valence-electron chi connectivity index (χ4n) is 1.78. The molecule has 24 heavy (non-hydrogen) atoms. The lowest BCUT2D eigenvalue weighted by Crippen LogP contribution is -2.54. The summed E-state index contributed by atoms with van der Waals surface area (Å²) < 4.78 is 10.1. The molecule has 0 saturated heterocycles. The van der Waals surface area contributed by atoms with Gasteiger partial charge >= 0.3 is 23.6 Å². The van der Waals surface area contributed by atoms with Crippen LogP contribution in [0.25, 0.3) is 0 Å². The summed E-state index contributed by atoms with van der Waals surface area (Å²) in [6, 6.07) is -1.02. The van der Waals surface area contributed by atoms with Gasteiger partial charge in [-0.2, -0.15) is 0 Å². The Morgan fingerprint density at radius 3 is 2.04 bits per heavy atom. The molecule has 0 aromatic carbocycles. The molecule has 0 spiro atoms. The van der Waals surface area contributed by atoms with E-state index in [1.807, 2.05) is 0 Å². The Balaban J connectivity index is 5.39. The van der Waals surface area contributed by atoms with Crippen LogP contribution >= 0.6 is 0 Å². The number of amides is 2. The smallest absolute Gasteiger partial charge is 0.336 e. The zero-order chi connectivity index (χ0) is 18.9. The minimum atomic E-state index is -2.30. The monoisotopic (exact) mass is 345 g/mol. The van der Waals surface area contributed by atoms with Gasteiger partial charge in [-0.25, -0.2) is 0 Å². The third-order valence-corrected chi connectivity index (χ3v) is 3.29. The lowest BCUT2D eigenvalue weighted by Gasteiger charge is -2.31. The van der Waals surface area contributed by atoms with Crippen molar-refractivity contribution in [2.45, 2.75) is 64.7 Å². The van der Waals surface area contributed by atoms with E-state index in [2.05, 4.69) is 0 Å². The van der Waals surface area contributed by atoms with Gasteiger partial charge in [0.15, 0.2) is 0 Å². The second kappa shape index (κ2) is 9.86. The van der Waals surface area contributed by atoms with Crippen LogP contribution in [0.15, 0.2) is 0 Å². The van der Waals surface area contributed by atoms with Crippen molar-refractivity contribution in [2.24, 2.45) is 23.1 Å². The molecule has 0 aromatic rings. The SMILES string of the molecule is CCCC(=O)OC(CCCC(N)=O)(OC(=O)[C@@H](N)C(C)C)C(N)=O. The van der Waals surface area contributed by atoms with E-state index in [0.29, 0.717) is 6.42 Å². The Bertz CT molecular complexity index is 480. The Labute approximate surface area is 141 Å². The number of primary amides is 2. The van der Waals surface area contributed by atoms with Crippen LogP contribution in [0.5, 0.6) is 0 Å². The summed E-state index contributed by atoms with van der Waals surface area (Å²) in [6.45, 7) is 5.11. The van der Waals surface area contributed by atoms with E-state index < -0.39 is 35.6 Å². The van der Waals surface area contributed by atoms with Crippen LogP contribution in [0.2, 0.25) is 0 Å². The summed E-state index contributed by atoms with van der Waals surface area (Å²) in [5, 5.41) is 0. The van der Waals surface area contributed by atoms with Gasteiger partial charge in [-0.05, 0) is 18.8 Å². The number of nitrogens with two attached hydrogens (primary N) is 3. The van der Waals surface area contributed by atoms with Gasteiger partial charge in [0, 0.05) is 19.3 Å². The highest BCUT2D eigenvalue weighted by Crippen LogP contribution is 2.24. The van der Waals surface area contributed by atoms with E-state index in [9.17, 15) is 19.2 Å². The number of ether oxygens (including phenoxy) is 2. The fourth-order valence-corrected chi connectivity index (χ4v) is 1.78. The molecule has 0 aromatic heterocycles. The molecule has 0 aliphatic rings. The lowest BCUT2D eigenvalue weighted by molar-refractivity contribution is -0.229. The second-order valence-electron chi connectivity index (χ2n) is 5.85. The fraction of sp³-hybridized carbons (Fsp3) is 0.733. The average Bonchev–Trinajstić information content (AvgIpc) is 2.45. The first kappa shape index (κ1) is 21.8. The van der Waals surface area contributed by atoms with Gasteiger partial charge in [-0.1, -0.05) is 20.8 Å². The van der Waals surface area contributed by atoms with Crippen LogP contribution in [0.3, 0.4) is 0 Å². The van der Waals surface area contributed by atoms with Gasteiger partial charge in [0.25, 0.3) is 0 Å². The second-order valence-corrected chi connectivity index (χ2v) is 5.85. The van der Waals surface area contributed by atoms with E-state index in [1.165, 1.54) is 0 Å². The van der Waals surface area contributed by atoms with Crippen LogP contribution in [-0.4, -0.2) is 35.6 Å². The maximum absolute atomic E-state index is 12.1. The summed E-state index contributed by atoms with van der Waals surface area (Å²) in [5.74, 6) is -6.00. The van der Waals surface area contributed by atoms with E-state index >= 15 is 0 Å². The number of rotatable bonds is 11. The van der Waals surface area contributed by atoms with Crippen molar-refractivity contribution in [3.05, 3.63) is 0 Å². The molecule has 2 atom stereocenters. The molecule has 138 valence electrons. The number of hydrogen-bond donors (Lipinski definition) is 3. The van der Waals surface area contributed by atoms with E-state index in [-0.39, 0.29) is 31.6 Å². The van der Waals surface area contributed by atoms with Gasteiger partial charge in [-0.3, -0.25) is 19.2 Å². The van der Waals surface area contributed by atoms with Crippen LogP contribution in [0.1, 0.15) is 52.9 Å². The summed E-state index contributed by atoms with van der Waals surface area (Å²) in [5.41, 5.74) is 16.0. The standard InChI is InChI=1S/C15H27N3O6/c1-4-6-11(20)23-15(14(18)22,8-5-7-10(16)19)24-13(21)12(17)9(2)3/h9,12H,4-8,17H2,1-3H3,(H2,16,19)(H2,18,22)/t12-,15?/m0/s1. The van der Waals surface area contributed by atoms with Crippen LogP contribution < -0.4 is 17.2 Å². The maximum Gasteiger partial charge on any atom is 0.336 e. The Morgan fingerprint density at radius 2 is 1.62 bits per heavy atom. The van der Waals surface area contributed by atoms with E-state index in [4.69, 9.17) is 26.7 Å². The van der Waals surface area contributed by atoms with Crippen LogP contribution in [0.4, 0.5) is 0 Å². The van der Waals surface area contributed by atoms with Gasteiger partial charge in [-0.15, -0.1) is 0 Å². The molecular formula is C15H27N3O6. The molecule has 0 bridgehead atoms. The first-order valence-corrected chi connectivity index (χ1v) is 7.84. The molecular weight excluding hydrogens is 318 g/mol. The molecule has 6 N–H and O–H groups in total. The molecule has 0 radical (unpaired) electrons. The van der Waals surface area contributed by atoms with Crippen molar-refractivity contribution in [2.75, 3.05) is 0 Å². The normalized spacial score (nSPS) is 14.5. The van der Waals surface area contributed by atoms with E-state index in [1.54, 1.807) is 20.8 Å². The minimum absolute atomic E-state index is 0.0125. The first-order chi connectivity index (χ1) is 11.1. The summed E-state index contributed by atoms with van der Waals surface area (Å²) >= 11 is 0. The highest BCUT2D eigenvalue weighted by molar-refractivity contribution is 5.88. The number of carbonyl (C=O) groups excluding carboxylic acids is 4. The molecule has 0 heterocycles. The van der Waals surface area contributed by atoms with Crippen molar-refractivity contribution in [1.29, 1.82) is 0 Å². The van der Waals surface area contributed by atoms with Crippen molar-refractivity contribution in [1.82, 2.24) is 0 Å². The average molecular weight is 345 g/mol. The first-order valence-electron chi connectivity index (χ1n) is 7.84. The minimum Gasteiger partial charge on any atom is -0.413 e. The maximum atomic E-state index is 12.1. The highest BCUT2D eigenvalue weighted by atomic mass is 16.7. The largest absolute Gasteiger partial charge is 0.413 e. The lowest BCUT2D eigenvalue weighted by atomic mass is 10.0. The Hall–Kier alpha value is -2.16. The highest BCUT2D eigenvalue weighted by Gasteiger charge is 2.45. The molecule has 0 aliphatic carbocycles.